The molecule has 5 nitrogen and oxygen atoms in total. The van der Waals surface area contributed by atoms with Crippen LogP contribution in [0.2, 0.25) is 0 Å². The second kappa shape index (κ2) is 7.75. The van der Waals surface area contributed by atoms with E-state index in [4.69, 9.17) is 5.73 Å². The Morgan fingerprint density at radius 2 is 1.73 bits per heavy atom. The highest BCUT2D eigenvalue weighted by Gasteiger charge is 2.28. The maximum absolute atomic E-state index is 12.8. The zero-order valence-corrected chi connectivity index (χ0v) is 12.6. The van der Waals surface area contributed by atoms with Gasteiger partial charge >= 0.3 is 5.76 Å². The maximum atomic E-state index is 12.8. The molecule has 11 heteroatoms. The summed E-state index contributed by atoms with van der Waals surface area (Å²) in [5.41, 5.74) is 4.65. The highest BCUT2D eigenvalue weighted by molar-refractivity contribution is 7.91. The second-order valence-electron chi connectivity index (χ2n) is 4.07. The number of carbonyl (C=O) groups is 1. The van der Waals surface area contributed by atoms with Crippen molar-refractivity contribution >= 4 is 28.2 Å². The van der Waals surface area contributed by atoms with Crippen LogP contribution in [0.1, 0.15) is 10.4 Å². The predicted octanol–water partition coefficient (Wildman–Crippen LogP) is 1.43. The van der Waals surface area contributed by atoms with Crippen LogP contribution in [0.5, 0.6) is 0 Å². The number of nitrogens with one attached hydrogen (secondary N) is 1. The summed E-state index contributed by atoms with van der Waals surface area (Å²) in [7, 11) is -4.76. The molecule has 3 N–H and O–H groups in total. The molecule has 0 saturated heterocycles. The molecule has 1 aromatic rings. The molecule has 0 radical (unpaired) electrons. The Bertz CT molecular complexity index is 608. The van der Waals surface area contributed by atoms with Crippen molar-refractivity contribution in [3.63, 3.8) is 0 Å². The van der Waals surface area contributed by atoms with Crippen LogP contribution in [-0.4, -0.2) is 39.1 Å². The van der Waals surface area contributed by atoms with Gasteiger partial charge in [-0.05, 0) is 24.3 Å². The standard InChI is InChI=1S/C11H12F4N2O3S.ClH/c12-10(13)21(19,20)8-3-1-7(2-4-8)9(18)17-6-11(14,15)5-16;/h1-4,10H,5-6,16H2,(H,17,18);1H. The summed E-state index contributed by atoms with van der Waals surface area (Å²) in [6.07, 6.45) is 0. The topological polar surface area (TPSA) is 89.3 Å². The van der Waals surface area contributed by atoms with Crippen LogP contribution in [0, 0.1) is 0 Å². The van der Waals surface area contributed by atoms with Gasteiger partial charge in [0.2, 0.25) is 9.84 Å². The summed E-state index contributed by atoms with van der Waals surface area (Å²) >= 11 is 0. The van der Waals surface area contributed by atoms with Gasteiger partial charge in [0.15, 0.2) is 0 Å². The smallest absolute Gasteiger partial charge is 0.341 e. The molecule has 0 saturated carbocycles. The number of halogens is 5. The lowest BCUT2D eigenvalue weighted by Crippen LogP contribution is -2.41. The van der Waals surface area contributed by atoms with E-state index in [-0.39, 0.29) is 18.0 Å². The van der Waals surface area contributed by atoms with Crippen molar-refractivity contribution in [2.75, 3.05) is 13.1 Å². The van der Waals surface area contributed by atoms with Gasteiger partial charge in [-0.1, -0.05) is 0 Å². The third-order valence-corrected chi connectivity index (χ3v) is 3.88. The van der Waals surface area contributed by atoms with Crippen LogP contribution in [0.3, 0.4) is 0 Å². The fourth-order valence-corrected chi connectivity index (χ4v) is 2.00. The molecule has 0 unspecified atom stereocenters. The molecule has 0 fully saturated rings. The van der Waals surface area contributed by atoms with Crippen LogP contribution in [0.4, 0.5) is 17.6 Å². The Kier molecular flexibility index (Phi) is 7.26. The minimum Gasteiger partial charge on any atom is -0.346 e. The molecule has 0 bridgehead atoms. The summed E-state index contributed by atoms with van der Waals surface area (Å²) in [4.78, 5) is 10.9. The fraction of sp³-hybridized carbons (Fsp3) is 0.364. The molecule has 0 aromatic heterocycles. The van der Waals surface area contributed by atoms with Crippen molar-refractivity contribution in [2.45, 2.75) is 16.6 Å². The lowest BCUT2D eigenvalue weighted by molar-refractivity contribution is 0.0118. The Balaban J connectivity index is 0.00000441. The molecule has 0 heterocycles. The third-order valence-electron chi connectivity index (χ3n) is 2.49. The van der Waals surface area contributed by atoms with Gasteiger partial charge < -0.3 is 11.1 Å². The first-order chi connectivity index (χ1) is 9.60. The van der Waals surface area contributed by atoms with Crippen LogP contribution in [0.25, 0.3) is 0 Å². The third kappa shape index (κ3) is 5.11. The molecule has 0 aliphatic heterocycles. The van der Waals surface area contributed by atoms with Gasteiger partial charge in [-0.3, -0.25) is 4.79 Å². The van der Waals surface area contributed by atoms with Gasteiger partial charge in [-0.25, -0.2) is 17.2 Å². The Labute approximate surface area is 130 Å². The summed E-state index contributed by atoms with van der Waals surface area (Å²) in [5.74, 6) is -7.75. The summed E-state index contributed by atoms with van der Waals surface area (Å²) in [5, 5.41) is 1.90. The summed E-state index contributed by atoms with van der Waals surface area (Å²) in [6.45, 7) is -1.93. The number of hydrogen-bond acceptors (Lipinski definition) is 4. The minimum atomic E-state index is -4.76. The van der Waals surface area contributed by atoms with Crippen molar-refractivity contribution in [3.05, 3.63) is 29.8 Å². The lowest BCUT2D eigenvalue weighted by atomic mass is 10.2. The van der Waals surface area contributed by atoms with Crippen LogP contribution in [0.15, 0.2) is 29.2 Å². The van der Waals surface area contributed by atoms with E-state index in [0.717, 1.165) is 24.3 Å². The number of rotatable bonds is 6. The first-order valence-corrected chi connectivity index (χ1v) is 7.13. The molecule has 1 aromatic carbocycles. The van der Waals surface area contributed by atoms with Gasteiger partial charge in [0.1, 0.15) is 0 Å². The molecule has 0 spiro atoms. The number of nitrogens with two attached hydrogens (primary N) is 1. The maximum Gasteiger partial charge on any atom is 0.341 e. The van der Waals surface area contributed by atoms with Gasteiger partial charge in [0.25, 0.3) is 11.8 Å². The zero-order chi connectivity index (χ0) is 16.3. The summed E-state index contributed by atoms with van der Waals surface area (Å²) in [6, 6.07) is 3.51. The second-order valence-corrected chi connectivity index (χ2v) is 5.99. The molecular weight excluding hydrogens is 352 g/mol. The average molecular weight is 365 g/mol. The normalized spacial score (nSPS) is 11.9. The number of alkyl halides is 4. The van der Waals surface area contributed by atoms with E-state index >= 15 is 0 Å². The largest absolute Gasteiger partial charge is 0.346 e. The van der Waals surface area contributed by atoms with Gasteiger partial charge in [0, 0.05) is 5.56 Å². The molecule has 22 heavy (non-hydrogen) atoms. The van der Waals surface area contributed by atoms with Crippen molar-refractivity contribution in [3.8, 4) is 0 Å². The molecule has 1 rings (SSSR count). The van der Waals surface area contributed by atoms with E-state index in [1.165, 1.54) is 0 Å². The Morgan fingerprint density at radius 3 is 2.14 bits per heavy atom. The molecule has 0 atom stereocenters. The molecule has 0 aliphatic carbocycles. The van der Waals surface area contributed by atoms with E-state index in [9.17, 15) is 30.8 Å². The number of amides is 1. The van der Waals surface area contributed by atoms with Gasteiger partial charge in [0.05, 0.1) is 18.0 Å². The van der Waals surface area contributed by atoms with Crippen LogP contribution < -0.4 is 11.1 Å². The quantitative estimate of drug-likeness (QED) is 0.747. The highest BCUT2D eigenvalue weighted by atomic mass is 35.5. The van der Waals surface area contributed by atoms with Gasteiger partial charge in [-0.2, -0.15) is 8.78 Å². The monoisotopic (exact) mass is 364 g/mol. The Hall–Kier alpha value is -1.39. The highest BCUT2D eigenvalue weighted by Crippen LogP contribution is 2.18. The molecule has 0 aliphatic rings. The molecular formula is C11H13ClF4N2O3S. The Morgan fingerprint density at radius 1 is 1.23 bits per heavy atom. The van der Waals surface area contributed by atoms with E-state index in [2.05, 4.69) is 0 Å². The van der Waals surface area contributed by atoms with E-state index < -0.39 is 45.4 Å². The number of benzene rings is 1. The van der Waals surface area contributed by atoms with Crippen LogP contribution in [-0.2, 0) is 9.84 Å². The van der Waals surface area contributed by atoms with Gasteiger partial charge in [-0.15, -0.1) is 12.4 Å². The van der Waals surface area contributed by atoms with Crippen LogP contribution >= 0.6 is 12.4 Å². The first-order valence-electron chi connectivity index (χ1n) is 5.58. The number of sulfone groups is 1. The zero-order valence-electron chi connectivity index (χ0n) is 10.9. The molecule has 1 amide bonds. The number of carbonyl (C=O) groups excluding carboxylic acids is 1. The predicted molar refractivity (Wildman–Crippen MR) is 73.2 cm³/mol. The van der Waals surface area contributed by atoms with E-state index in [1.807, 2.05) is 5.32 Å². The summed E-state index contributed by atoms with van der Waals surface area (Å²) < 4.78 is 72.5. The van der Waals surface area contributed by atoms with Crippen molar-refractivity contribution in [1.82, 2.24) is 5.32 Å². The lowest BCUT2D eigenvalue weighted by Gasteiger charge is -2.14. The molecule has 126 valence electrons. The minimum absolute atomic E-state index is 0. The van der Waals surface area contributed by atoms with Crippen molar-refractivity contribution in [2.24, 2.45) is 5.73 Å². The first kappa shape index (κ1) is 20.6. The average Bonchev–Trinajstić information content (AvgIpc) is 2.44. The van der Waals surface area contributed by atoms with E-state index in [0.29, 0.717) is 0 Å². The number of hydrogen-bond donors (Lipinski definition) is 2. The van der Waals surface area contributed by atoms with Crippen molar-refractivity contribution in [1.29, 1.82) is 0 Å². The van der Waals surface area contributed by atoms with E-state index in [1.54, 1.807) is 0 Å². The van der Waals surface area contributed by atoms with Crippen molar-refractivity contribution < 1.29 is 30.8 Å². The fourth-order valence-electron chi connectivity index (χ4n) is 1.28. The SMILES string of the molecule is Cl.NCC(F)(F)CNC(=O)c1ccc(S(=O)(=O)C(F)F)cc1.